The lowest BCUT2D eigenvalue weighted by molar-refractivity contribution is 0.332. The average molecular weight is 290 g/mol. The molecule has 1 aromatic rings. The van der Waals surface area contributed by atoms with Gasteiger partial charge in [0.1, 0.15) is 0 Å². The Kier molecular flexibility index (Phi) is 7.81. The number of hydrogen-bond acceptors (Lipinski definition) is 2. The zero-order valence-electron chi connectivity index (χ0n) is 14.7. The third kappa shape index (κ3) is 7.52. The van der Waals surface area contributed by atoms with E-state index in [0.29, 0.717) is 5.92 Å². The molecule has 0 aliphatic heterocycles. The van der Waals surface area contributed by atoms with Crippen LogP contribution in [0.2, 0.25) is 0 Å². The molecule has 0 bridgehead atoms. The maximum atomic E-state index is 3.61. The predicted molar refractivity (Wildman–Crippen MR) is 95.1 cm³/mol. The molecular formula is C19H34N2. The molecule has 0 aliphatic carbocycles. The van der Waals surface area contributed by atoms with E-state index in [-0.39, 0.29) is 5.41 Å². The van der Waals surface area contributed by atoms with Gasteiger partial charge in [-0.1, -0.05) is 59.2 Å². The number of nitrogens with zero attached hydrogens (tertiary/aromatic N) is 1. The third-order valence-corrected chi connectivity index (χ3v) is 3.68. The number of rotatable bonds is 10. The molecule has 0 unspecified atom stereocenters. The van der Waals surface area contributed by atoms with E-state index in [0.717, 1.165) is 26.2 Å². The lowest BCUT2D eigenvalue weighted by Gasteiger charge is -2.35. The summed E-state index contributed by atoms with van der Waals surface area (Å²) in [6.07, 6.45) is 2.50. The lowest BCUT2D eigenvalue weighted by Crippen LogP contribution is -2.41. The van der Waals surface area contributed by atoms with Crippen LogP contribution >= 0.6 is 0 Å². The van der Waals surface area contributed by atoms with Gasteiger partial charge in [-0.25, -0.2) is 0 Å². The molecular weight excluding hydrogens is 256 g/mol. The SMILES string of the molecule is CCCCN(CC(C)(C)CNCC(C)C)c1ccccc1. The van der Waals surface area contributed by atoms with Crippen molar-refractivity contribution in [3.8, 4) is 0 Å². The molecule has 0 atom stereocenters. The van der Waals surface area contributed by atoms with Crippen LogP contribution in [0.25, 0.3) is 0 Å². The van der Waals surface area contributed by atoms with Crippen molar-refractivity contribution in [2.24, 2.45) is 11.3 Å². The second-order valence-electron chi connectivity index (χ2n) is 7.30. The van der Waals surface area contributed by atoms with Gasteiger partial charge in [-0.15, -0.1) is 0 Å². The summed E-state index contributed by atoms with van der Waals surface area (Å²) in [5.41, 5.74) is 1.63. The number of anilines is 1. The normalized spacial score (nSPS) is 11.9. The quantitative estimate of drug-likeness (QED) is 0.679. The van der Waals surface area contributed by atoms with Gasteiger partial charge >= 0.3 is 0 Å². The molecule has 21 heavy (non-hydrogen) atoms. The van der Waals surface area contributed by atoms with Gasteiger partial charge < -0.3 is 10.2 Å². The Bertz CT molecular complexity index is 370. The molecule has 0 saturated heterocycles. The van der Waals surface area contributed by atoms with Gasteiger partial charge in [-0.05, 0) is 36.4 Å². The number of hydrogen-bond donors (Lipinski definition) is 1. The molecule has 2 nitrogen and oxygen atoms in total. The zero-order valence-corrected chi connectivity index (χ0v) is 14.7. The maximum absolute atomic E-state index is 3.61. The number of benzene rings is 1. The monoisotopic (exact) mass is 290 g/mol. The molecule has 0 aromatic heterocycles. The predicted octanol–water partition coefficient (Wildman–Crippen LogP) is 4.56. The second kappa shape index (κ2) is 9.09. The summed E-state index contributed by atoms with van der Waals surface area (Å²) in [6, 6.07) is 10.8. The summed E-state index contributed by atoms with van der Waals surface area (Å²) in [5, 5.41) is 3.61. The van der Waals surface area contributed by atoms with Crippen molar-refractivity contribution < 1.29 is 0 Å². The van der Waals surface area contributed by atoms with Gasteiger partial charge in [-0.3, -0.25) is 0 Å². The van der Waals surface area contributed by atoms with Gasteiger partial charge in [-0.2, -0.15) is 0 Å². The first-order valence-corrected chi connectivity index (χ1v) is 8.45. The molecule has 0 heterocycles. The van der Waals surface area contributed by atoms with Crippen LogP contribution in [0, 0.1) is 11.3 Å². The molecule has 1 rings (SSSR count). The smallest absolute Gasteiger partial charge is 0.0366 e. The van der Waals surface area contributed by atoms with Gasteiger partial charge in [0.2, 0.25) is 0 Å². The Morgan fingerprint density at radius 1 is 1.14 bits per heavy atom. The van der Waals surface area contributed by atoms with Gasteiger partial charge in [0.15, 0.2) is 0 Å². The van der Waals surface area contributed by atoms with Crippen LogP contribution in [-0.4, -0.2) is 26.2 Å². The summed E-state index contributed by atoms with van der Waals surface area (Å²) >= 11 is 0. The maximum Gasteiger partial charge on any atom is 0.0366 e. The van der Waals surface area contributed by atoms with Gasteiger partial charge in [0, 0.05) is 25.3 Å². The largest absolute Gasteiger partial charge is 0.371 e. The highest BCUT2D eigenvalue weighted by atomic mass is 15.1. The first-order valence-electron chi connectivity index (χ1n) is 8.45. The van der Waals surface area contributed by atoms with E-state index in [1.54, 1.807) is 0 Å². The Morgan fingerprint density at radius 3 is 2.38 bits per heavy atom. The lowest BCUT2D eigenvalue weighted by atomic mass is 9.92. The van der Waals surface area contributed by atoms with Crippen molar-refractivity contribution in [1.82, 2.24) is 5.32 Å². The number of para-hydroxylation sites is 1. The van der Waals surface area contributed by atoms with E-state index < -0.39 is 0 Å². The van der Waals surface area contributed by atoms with Crippen LogP contribution in [0.5, 0.6) is 0 Å². The molecule has 2 heteroatoms. The summed E-state index contributed by atoms with van der Waals surface area (Å²) in [5.74, 6) is 0.714. The van der Waals surface area contributed by atoms with Crippen molar-refractivity contribution in [2.75, 3.05) is 31.1 Å². The van der Waals surface area contributed by atoms with E-state index in [1.165, 1.54) is 18.5 Å². The van der Waals surface area contributed by atoms with Crippen molar-refractivity contribution in [1.29, 1.82) is 0 Å². The highest BCUT2D eigenvalue weighted by molar-refractivity contribution is 5.46. The van der Waals surface area contributed by atoms with Crippen LogP contribution in [0.15, 0.2) is 30.3 Å². The fourth-order valence-electron chi connectivity index (χ4n) is 2.56. The van der Waals surface area contributed by atoms with Crippen LogP contribution in [-0.2, 0) is 0 Å². The molecule has 0 radical (unpaired) electrons. The molecule has 0 spiro atoms. The van der Waals surface area contributed by atoms with E-state index in [1.807, 2.05) is 0 Å². The van der Waals surface area contributed by atoms with E-state index in [9.17, 15) is 0 Å². The average Bonchev–Trinajstić information content (AvgIpc) is 2.43. The molecule has 120 valence electrons. The minimum absolute atomic E-state index is 0.276. The second-order valence-corrected chi connectivity index (χ2v) is 7.30. The van der Waals surface area contributed by atoms with E-state index in [2.05, 4.69) is 75.2 Å². The first-order chi connectivity index (χ1) is 9.94. The van der Waals surface area contributed by atoms with Crippen molar-refractivity contribution in [2.45, 2.75) is 47.5 Å². The zero-order chi connectivity index (χ0) is 15.7. The molecule has 0 amide bonds. The number of nitrogens with one attached hydrogen (secondary N) is 1. The third-order valence-electron chi connectivity index (χ3n) is 3.68. The number of unbranched alkanes of at least 4 members (excludes halogenated alkanes) is 1. The van der Waals surface area contributed by atoms with E-state index >= 15 is 0 Å². The minimum Gasteiger partial charge on any atom is -0.371 e. The molecule has 0 aliphatic rings. The minimum atomic E-state index is 0.276. The molecule has 0 saturated carbocycles. The summed E-state index contributed by atoms with van der Waals surface area (Å²) < 4.78 is 0. The van der Waals surface area contributed by atoms with Crippen molar-refractivity contribution in [3.63, 3.8) is 0 Å². The topological polar surface area (TPSA) is 15.3 Å². The summed E-state index contributed by atoms with van der Waals surface area (Å²) in [7, 11) is 0. The van der Waals surface area contributed by atoms with Crippen LogP contribution < -0.4 is 10.2 Å². The Labute approximate surface area is 131 Å². The summed E-state index contributed by atoms with van der Waals surface area (Å²) in [4.78, 5) is 2.54. The van der Waals surface area contributed by atoms with Gasteiger partial charge in [0.25, 0.3) is 0 Å². The fourth-order valence-corrected chi connectivity index (χ4v) is 2.56. The Morgan fingerprint density at radius 2 is 1.81 bits per heavy atom. The highest BCUT2D eigenvalue weighted by Crippen LogP contribution is 2.22. The van der Waals surface area contributed by atoms with Gasteiger partial charge in [0.05, 0.1) is 0 Å². The Hall–Kier alpha value is -1.02. The molecule has 0 fully saturated rings. The first kappa shape index (κ1) is 18.0. The standard InChI is InChI=1S/C19H34N2/c1-6-7-13-21(18-11-9-8-10-12-18)16-19(4,5)15-20-14-17(2)3/h8-12,17,20H,6-7,13-16H2,1-5H3. The summed E-state index contributed by atoms with van der Waals surface area (Å²) in [6.45, 7) is 15.9. The van der Waals surface area contributed by atoms with Crippen LogP contribution in [0.1, 0.15) is 47.5 Å². The van der Waals surface area contributed by atoms with Crippen molar-refractivity contribution in [3.05, 3.63) is 30.3 Å². The fraction of sp³-hybridized carbons (Fsp3) is 0.684. The van der Waals surface area contributed by atoms with Crippen molar-refractivity contribution >= 4 is 5.69 Å². The Balaban J connectivity index is 2.62. The van der Waals surface area contributed by atoms with Crippen LogP contribution in [0.4, 0.5) is 5.69 Å². The van der Waals surface area contributed by atoms with E-state index in [4.69, 9.17) is 0 Å². The van der Waals surface area contributed by atoms with Crippen LogP contribution in [0.3, 0.4) is 0 Å². The highest BCUT2D eigenvalue weighted by Gasteiger charge is 2.21. The molecule has 1 N–H and O–H groups in total. The molecule has 1 aromatic carbocycles.